The van der Waals surface area contributed by atoms with Crippen molar-refractivity contribution < 1.29 is 29.3 Å². The Morgan fingerprint density at radius 2 is 1.60 bits per heavy atom. The van der Waals surface area contributed by atoms with Crippen LogP contribution < -0.4 is 10.9 Å². The molecule has 0 radical (unpaired) electrons. The highest BCUT2D eigenvalue weighted by Gasteiger charge is 2.30. The summed E-state index contributed by atoms with van der Waals surface area (Å²) in [6, 6.07) is 25.8. The molecule has 0 saturated heterocycles. The van der Waals surface area contributed by atoms with Crippen molar-refractivity contribution in [3.8, 4) is 0 Å². The molecule has 3 aromatic carbocycles. The van der Waals surface area contributed by atoms with Gasteiger partial charge in [-0.25, -0.2) is 4.79 Å². The number of carbonyl (C=O) groups excluding carboxylic acids is 1. The number of nitrogens with one attached hydrogen (secondary N) is 3. The Balaban J connectivity index is 0.000000149. The van der Waals surface area contributed by atoms with Crippen molar-refractivity contribution in [3.63, 3.8) is 0 Å². The van der Waals surface area contributed by atoms with Crippen LogP contribution in [0.15, 0.2) is 107 Å². The molecule has 5 N–H and O–H groups in total. The van der Waals surface area contributed by atoms with E-state index >= 15 is 0 Å². The number of aliphatic carboxylic acids is 2. The van der Waals surface area contributed by atoms with E-state index in [1.54, 1.807) is 26.2 Å². The molecule has 13 heteroatoms. The van der Waals surface area contributed by atoms with E-state index in [0.29, 0.717) is 34.9 Å². The Kier molecular flexibility index (Phi) is 13.5. The molecule has 0 bridgehead atoms. The highest BCUT2D eigenvalue weighted by atomic mass is 32.2. The fraction of sp³-hybridized carbons (Fsp3) is 0.273. The number of fused-ring (bicyclic) bond motifs is 7. The minimum atomic E-state index is -0.789. The molecule has 1 fully saturated rings. The van der Waals surface area contributed by atoms with Crippen LogP contribution in [0.1, 0.15) is 74.2 Å². The second-order valence-electron chi connectivity index (χ2n) is 13.5. The van der Waals surface area contributed by atoms with Crippen molar-refractivity contribution in [3.05, 3.63) is 119 Å². The third-order valence-corrected chi connectivity index (χ3v) is 11.1. The van der Waals surface area contributed by atoms with Gasteiger partial charge in [0.1, 0.15) is 11.4 Å². The maximum absolute atomic E-state index is 12.3. The van der Waals surface area contributed by atoms with Gasteiger partial charge in [0.15, 0.2) is 0 Å². The third-order valence-electron chi connectivity index (χ3n) is 9.74. The standard InChI is InChI=1S/C20H22N2O3S.C12H10N2O2.C9H7N.C3H6O2/c1-2-25-20(24)15-11-21-18-17(15)14-10-13(8-9-16(14)22-19(18)23)26-12-6-4-3-5-7-12;15-12(16)8-5-13-10-6-14-9-4-2-1-3-7(9)11(8)10;1-2-6-9-8(4-1)5-3-7-10-9;1-2-3(4)5/h8-12,21H,2-7H2,1H3,(H,22,23);1-4,6,8,13H,5H2,(H,15,16);1-7H;2H2,1H3,(H,4,5). The number of aromatic amines is 2. The van der Waals surface area contributed by atoms with E-state index in [-0.39, 0.29) is 12.0 Å². The number of aromatic nitrogens is 4. The number of carbonyl (C=O) groups is 3. The summed E-state index contributed by atoms with van der Waals surface area (Å²) in [7, 11) is 0. The van der Waals surface area contributed by atoms with Gasteiger partial charge < -0.3 is 30.2 Å². The van der Waals surface area contributed by atoms with Crippen molar-refractivity contribution in [2.45, 2.75) is 68.4 Å². The Bertz CT molecular complexity index is 2520. The van der Waals surface area contributed by atoms with Crippen LogP contribution in [-0.2, 0) is 14.3 Å². The maximum atomic E-state index is 12.3. The summed E-state index contributed by atoms with van der Waals surface area (Å²) < 4.78 is 5.16. The van der Waals surface area contributed by atoms with Gasteiger partial charge in [-0.2, -0.15) is 0 Å². The predicted octanol–water partition coefficient (Wildman–Crippen LogP) is 9.16. The minimum absolute atomic E-state index is 0.222. The molecule has 9 rings (SSSR count). The quantitative estimate of drug-likeness (QED) is 0.101. The summed E-state index contributed by atoms with van der Waals surface area (Å²) in [6.07, 6.45) is 11.7. The van der Waals surface area contributed by atoms with Crippen LogP contribution in [0.25, 0.3) is 43.6 Å². The summed E-state index contributed by atoms with van der Waals surface area (Å²) in [4.78, 5) is 60.7. The first kappa shape index (κ1) is 40.5. The third kappa shape index (κ3) is 9.79. The molecule has 12 nitrogen and oxygen atoms in total. The van der Waals surface area contributed by atoms with Crippen LogP contribution in [0.5, 0.6) is 0 Å². The number of anilines is 1. The van der Waals surface area contributed by atoms with Crippen LogP contribution in [0, 0.1) is 0 Å². The molecular formula is C44H45N5O7S. The number of rotatable bonds is 6. The summed E-state index contributed by atoms with van der Waals surface area (Å²) >= 11 is 1.90. The number of H-pyrrole nitrogens is 2. The summed E-state index contributed by atoms with van der Waals surface area (Å²) in [5, 5.41) is 24.3. The minimum Gasteiger partial charge on any atom is -0.481 e. The number of hydrogen-bond acceptors (Lipinski definition) is 9. The van der Waals surface area contributed by atoms with Crippen molar-refractivity contribution in [1.29, 1.82) is 0 Å². The molecule has 2 aliphatic rings. The van der Waals surface area contributed by atoms with Gasteiger partial charge in [-0.1, -0.05) is 68.7 Å². The Labute approximate surface area is 333 Å². The molecule has 5 heterocycles. The molecule has 1 unspecified atom stereocenters. The predicted molar refractivity (Wildman–Crippen MR) is 225 cm³/mol. The molecular weight excluding hydrogens is 743 g/mol. The lowest BCUT2D eigenvalue weighted by molar-refractivity contribution is -0.138. The SMILES string of the molecule is CCC(=O)O.CCOC(=O)c1c[nH]c2c(=O)[nH]c3ccc(SC4CCCCC4)cc3c12.O=C(O)C1CNc2cnc3ccccc3c21.c1ccc2ncccc2c1. The van der Waals surface area contributed by atoms with Crippen LogP contribution in [0.3, 0.4) is 0 Å². The average Bonchev–Trinajstić information content (AvgIpc) is 3.89. The van der Waals surface area contributed by atoms with Crippen molar-refractivity contribution >= 4 is 79.0 Å². The van der Waals surface area contributed by atoms with Crippen LogP contribution in [0.4, 0.5) is 5.69 Å². The van der Waals surface area contributed by atoms with Crippen molar-refractivity contribution in [2.24, 2.45) is 0 Å². The second kappa shape index (κ2) is 19.1. The molecule has 1 saturated carbocycles. The number of nitrogens with zero attached hydrogens (tertiary/aromatic N) is 2. The molecule has 7 aromatic rings. The lowest BCUT2D eigenvalue weighted by atomic mass is 9.98. The van der Waals surface area contributed by atoms with Crippen LogP contribution in [0.2, 0.25) is 0 Å². The highest BCUT2D eigenvalue weighted by molar-refractivity contribution is 8.00. The maximum Gasteiger partial charge on any atom is 0.340 e. The van der Waals surface area contributed by atoms with Crippen LogP contribution in [-0.4, -0.2) is 66.5 Å². The fourth-order valence-electron chi connectivity index (χ4n) is 6.94. The lowest BCUT2D eigenvalue weighted by Gasteiger charge is -2.21. The van der Waals surface area contributed by atoms with E-state index in [2.05, 4.69) is 49.5 Å². The van der Waals surface area contributed by atoms with E-state index < -0.39 is 23.8 Å². The molecule has 4 aromatic heterocycles. The lowest BCUT2D eigenvalue weighted by Crippen LogP contribution is -2.13. The average molecular weight is 788 g/mol. The fourth-order valence-corrected chi connectivity index (χ4v) is 8.23. The number of benzene rings is 3. The monoisotopic (exact) mass is 787 g/mol. The smallest absolute Gasteiger partial charge is 0.340 e. The van der Waals surface area contributed by atoms with Gasteiger partial charge in [0.2, 0.25) is 0 Å². The van der Waals surface area contributed by atoms with Crippen molar-refractivity contribution in [1.82, 2.24) is 19.9 Å². The summed E-state index contributed by atoms with van der Waals surface area (Å²) in [5.74, 6) is -2.41. The van der Waals surface area contributed by atoms with Gasteiger partial charge in [-0.05, 0) is 56.2 Å². The zero-order valence-electron chi connectivity index (χ0n) is 31.8. The second-order valence-corrected chi connectivity index (χ2v) is 14.9. The molecule has 1 aliphatic carbocycles. The normalized spacial score (nSPS) is 14.6. The number of ether oxygens (including phenoxy) is 1. The van der Waals surface area contributed by atoms with E-state index in [1.807, 2.05) is 72.6 Å². The summed E-state index contributed by atoms with van der Waals surface area (Å²) in [5.41, 5.74) is 4.94. The topological polar surface area (TPSA) is 187 Å². The van der Waals surface area contributed by atoms with Gasteiger partial charge in [0, 0.05) is 68.1 Å². The van der Waals surface area contributed by atoms with E-state index in [1.165, 1.54) is 42.4 Å². The largest absolute Gasteiger partial charge is 0.481 e. The number of esters is 1. The Morgan fingerprint density at radius 1 is 0.877 bits per heavy atom. The number of pyridine rings is 3. The zero-order chi connectivity index (χ0) is 40.3. The van der Waals surface area contributed by atoms with E-state index in [4.69, 9.17) is 14.9 Å². The van der Waals surface area contributed by atoms with Crippen LogP contribution >= 0.6 is 11.8 Å². The number of carboxylic acids is 2. The first-order chi connectivity index (χ1) is 27.7. The first-order valence-electron chi connectivity index (χ1n) is 19.0. The van der Waals surface area contributed by atoms with Gasteiger partial charge in [-0.15, -0.1) is 11.8 Å². The number of hydrogen-bond donors (Lipinski definition) is 5. The van der Waals surface area contributed by atoms with Gasteiger partial charge >= 0.3 is 17.9 Å². The number of para-hydroxylation sites is 2. The number of thioether (sulfide) groups is 1. The van der Waals surface area contributed by atoms with Gasteiger partial charge in [-0.3, -0.25) is 24.4 Å². The van der Waals surface area contributed by atoms with Crippen molar-refractivity contribution in [2.75, 3.05) is 18.5 Å². The molecule has 294 valence electrons. The highest BCUT2D eigenvalue weighted by Crippen LogP contribution is 2.37. The Morgan fingerprint density at radius 3 is 2.32 bits per heavy atom. The number of carboxylic acid groups (broad SMARTS) is 2. The van der Waals surface area contributed by atoms with E-state index in [0.717, 1.165) is 38.6 Å². The molecule has 57 heavy (non-hydrogen) atoms. The molecule has 0 spiro atoms. The van der Waals surface area contributed by atoms with E-state index in [9.17, 15) is 19.2 Å². The molecule has 1 atom stereocenters. The molecule has 1 aliphatic heterocycles. The Hall–Kier alpha value is -6.21. The summed E-state index contributed by atoms with van der Waals surface area (Å²) in [6.45, 7) is 4.12. The zero-order valence-corrected chi connectivity index (χ0v) is 32.6. The van der Waals surface area contributed by atoms with Gasteiger partial charge in [0.25, 0.3) is 5.56 Å². The first-order valence-corrected chi connectivity index (χ1v) is 19.9. The van der Waals surface area contributed by atoms with Gasteiger partial charge in [0.05, 0.1) is 35.1 Å². The molecule has 0 amide bonds.